The molecule has 6 heterocycles. The first kappa shape index (κ1) is 19.5. The van der Waals surface area contributed by atoms with Gasteiger partial charge in [0.25, 0.3) is 5.91 Å². The largest absolute Gasteiger partial charge is 0.437 e. The van der Waals surface area contributed by atoms with Crippen LogP contribution in [0.4, 0.5) is 24.7 Å². The van der Waals surface area contributed by atoms with E-state index < -0.39 is 23.5 Å². The van der Waals surface area contributed by atoms with Crippen molar-refractivity contribution >= 4 is 23.1 Å². The molecule has 3 aliphatic heterocycles. The molecule has 9 nitrogen and oxygen atoms in total. The smallest absolute Gasteiger partial charge is 0.347 e. The lowest BCUT2D eigenvalue weighted by Gasteiger charge is -2.41. The molecule has 2 N–H and O–H groups in total. The number of carbonyl (C=O) groups excluding carboxylic acids is 1. The molecule has 12 heteroatoms. The van der Waals surface area contributed by atoms with E-state index in [0.717, 1.165) is 42.4 Å². The highest BCUT2D eigenvalue weighted by Gasteiger charge is 2.50. The van der Waals surface area contributed by atoms with Gasteiger partial charge in [0.15, 0.2) is 11.3 Å². The topological polar surface area (TPSA) is 92.4 Å². The number of rotatable bonds is 3. The lowest BCUT2D eigenvalue weighted by Crippen LogP contribution is -2.58. The summed E-state index contributed by atoms with van der Waals surface area (Å²) in [6.45, 7) is 0. The van der Waals surface area contributed by atoms with Crippen molar-refractivity contribution in [2.75, 3.05) is 10.2 Å². The first-order chi connectivity index (χ1) is 15.3. The van der Waals surface area contributed by atoms with Crippen molar-refractivity contribution in [3.05, 3.63) is 35.9 Å². The molecule has 3 fully saturated rings. The summed E-state index contributed by atoms with van der Waals surface area (Å²) in [6, 6.07) is 3.49. The van der Waals surface area contributed by atoms with Crippen LogP contribution in [0, 0.1) is 0 Å². The third-order valence-corrected chi connectivity index (χ3v) is 6.83. The Morgan fingerprint density at radius 1 is 1.19 bits per heavy atom. The van der Waals surface area contributed by atoms with Crippen molar-refractivity contribution in [1.29, 1.82) is 0 Å². The summed E-state index contributed by atoms with van der Waals surface area (Å²) in [7, 11) is 1.36. The second kappa shape index (κ2) is 6.67. The number of aryl methyl sites for hydroxylation is 1. The molecule has 168 valence electrons. The Balaban J connectivity index is 1.34. The van der Waals surface area contributed by atoms with Crippen LogP contribution in [0.1, 0.15) is 41.7 Å². The summed E-state index contributed by atoms with van der Waals surface area (Å²) in [5.74, 6) is 0.0572. The Labute approximate surface area is 180 Å². The van der Waals surface area contributed by atoms with Gasteiger partial charge in [-0.3, -0.25) is 9.48 Å². The molecular weight excluding hydrogens is 425 g/mol. The molecule has 3 saturated heterocycles. The van der Waals surface area contributed by atoms with Gasteiger partial charge >= 0.3 is 6.18 Å². The molecule has 0 spiro atoms. The summed E-state index contributed by atoms with van der Waals surface area (Å²) < 4.78 is 42.2. The quantitative estimate of drug-likeness (QED) is 0.641. The first-order valence-electron chi connectivity index (χ1n) is 10.6. The van der Waals surface area contributed by atoms with Crippen molar-refractivity contribution in [1.82, 2.24) is 29.7 Å². The maximum absolute atomic E-state index is 13.2. The standard InChI is InChI=1S/C20H21F3N8O/c1-29-9-13(17(28-29)20(21,22)23)26-19(32)10-8-24-30-7-6-16(27-18(10)30)31-14-4-5-15(31)12-3-2-11(14)25-12/h6-9,11-12,14-15,25H,2-5H2,1H3,(H,26,32)/t11-,12+,14-,15+. The summed E-state index contributed by atoms with van der Waals surface area (Å²) >= 11 is 0. The maximum atomic E-state index is 13.2. The minimum atomic E-state index is -4.68. The maximum Gasteiger partial charge on any atom is 0.437 e. The van der Waals surface area contributed by atoms with Gasteiger partial charge in [0.1, 0.15) is 11.4 Å². The number of aromatic nitrogens is 5. The zero-order chi connectivity index (χ0) is 22.2. The Bertz CT molecular complexity index is 1200. The normalized spacial score (nSPS) is 26.8. The molecular formula is C20H21F3N8O. The van der Waals surface area contributed by atoms with Gasteiger partial charge in [-0.15, -0.1) is 0 Å². The fraction of sp³-hybridized carbons (Fsp3) is 0.500. The van der Waals surface area contributed by atoms with Crippen LogP contribution < -0.4 is 15.5 Å². The van der Waals surface area contributed by atoms with Gasteiger partial charge in [-0.25, -0.2) is 9.50 Å². The number of carbonyl (C=O) groups is 1. The zero-order valence-electron chi connectivity index (χ0n) is 17.2. The Morgan fingerprint density at radius 3 is 2.59 bits per heavy atom. The number of nitrogens with zero attached hydrogens (tertiary/aromatic N) is 6. The Kier molecular flexibility index (Phi) is 4.07. The monoisotopic (exact) mass is 446 g/mol. The van der Waals surface area contributed by atoms with Gasteiger partial charge in [0.05, 0.1) is 11.9 Å². The first-order valence-corrected chi connectivity index (χ1v) is 10.6. The van der Waals surface area contributed by atoms with E-state index >= 15 is 0 Å². The molecule has 3 aromatic rings. The van der Waals surface area contributed by atoms with Crippen molar-refractivity contribution < 1.29 is 18.0 Å². The highest BCUT2D eigenvalue weighted by molar-refractivity contribution is 6.08. The predicted molar refractivity (Wildman–Crippen MR) is 108 cm³/mol. The molecule has 0 unspecified atom stereocenters. The van der Waals surface area contributed by atoms with Crippen LogP contribution in [0.5, 0.6) is 0 Å². The number of amides is 1. The van der Waals surface area contributed by atoms with E-state index in [0.29, 0.717) is 29.8 Å². The summed E-state index contributed by atoms with van der Waals surface area (Å²) in [4.78, 5) is 20.0. The van der Waals surface area contributed by atoms with E-state index in [2.05, 4.69) is 25.7 Å². The molecule has 32 heavy (non-hydrogen) atoms. The van der Waals surface area contributed by atoms with Crippen LogP contribution in [0.25, 0.3) is 5.65 Å². The van der Waals surface area contributed by atoms with Crippen LogP contribution in [-0.4, -0.2) is 54.5 Å². The van der Waals surface area contributed by atoms with Crippen LogP contribution >= 0.6 is 0 Å². The van der Waals surface area contributed by atoms with Crippen molar-refractivity contribution in [2.45, 2.75) is 56.0 Å². The number of anilines is 2. The highest BCUT2D eigenvalue weighted by atomic mass is 19.4. The van der Waals surface area contributed by atoms with Gasteiger partial charge in [-0.2, -0.15) is 23.4 Å². The lowest BCUT2D eigenvalue weighted by molar-refractivity contribution is -0.140. The van der Waals surface area contributed by atoms with E-state index in [-0.39, 0.29) is 5.56 Å². The minimum absolute atomic E-state index is 0.106. The highest BCUT2D eigenvalue weighted by Crippen LogP contribution is 2.42. The van der Waals surface area contributed by atoms with E-state index in [1.165, 1.54) is 17.8 Å². The number of hydrogen-bond acceptors (Lipinski definition) is 6. The third-order valence-electron chi connectivity index (χ3n) is 6.83. The molecule has 4 atom stereocenters. The molecule has 0 aliphatic carbocycles. The summed E-state index contributed by atoms with van der Waals surface area (Å²) in [5.41, 5.74) is -1.14. The number of halogens is 3. The van der Waals surface area contributed by atoms with Crippen LogP contribution in [-0.2, 0) is 13.2 Å². The predicted octanol–water partition coefficient (Wildman–Crippen LogP) is 2.21. The van der Waals surface area contributed by atoms with E-state index in [4.69, 9.17) is 4.98 Å². The number of hydrogen-bond donors (Lipinski definition) is 2. The van der Waals surface area contributed by atoms with Gasteiger partial charge in [0, 0.05) is 43.6 Å². The van der Waals surface area contributed by atoms with Crippen LogP contribution in [0.3, 0.4) is 0 Å². The van der Waals surface area contributed by atoms with Crippen LogP contribution in [0.2, 0.25) is 0 Å². The van der Waals surface area contributed by atoms with E-state index in [9.17, 15) is 18.0 Å². The molecule has 3 aromatic heterocycles. The minimum Gasteiger partial charge on any atom is -0.347 e. The number of fused-ring (bicyclic) bond motifs is 7. The summed E-state index contributed by atoms with van der Waals surface area (Å²) in [6.07, 6.45) is 4.00. The molecule has 1 amide bonds. The van der Waals surface area contributed by atoms with Crippen LogP contribution in [0.15, 0.2) is 24.7 Å². The number of alkyl halides is 3. The third kappa shape index (κ3) is 2.89. The molecule has 0 saturated carbocycles. The van der Waals surface area contributed by atoms with Gasteiger partial charge in [0.2, 0.25) is 0 Å². The second-order valence-electron chi connectivity index (χ2n) is 8.71. The molecule has 4 bridgehead atoms. The summed E-state index contributed by atoms with van der Waals surface area (Å²) in [5, 5.41) is 13.6. The van der Waals surface area contributed by atoms with Gasteiger partial charge < -0.3 is 15.5 Å². The average Bonchev–Trinajstić information content (AvgIpc) is 3.47. The van der Waals surface area contributed by atoms with Crippen molar-refractivity contribution in [2.24, 2.45) is 7.05 Å². The lowest BCUT2D eigenvalue weighted by atomic mass is 10.0. The molecule has 0 aromatic carbocycles. The second-order valence-corrected chi connectivity index (χ2v) is 8.71. The molecule has 3 aliphatic rings. The Morgan fingerprint density at radius 2 is 1.91 bits per heavy atom. The van der Waals surface area contributed by atoms with Crippen molar-refractivity contribution in [3.63, 3.8) is 0 Å². The molecule has 6 rings (SSSR count). The van der Waals surface area contributed by atoms with Gasteiger partial charge in [-0.1, -0.05) is 0 Å². The fourth-order valence-corrected chi connectivity index (χ4v) is 5.55. The average molecular weight is 446 g/mol. The zero-order valence-corrected chi connectivity index (χ0v) is 17.2. The van der Waals surface area contributed by atoms with E-state index in [1.807, 2.05) is 6.07 Å². The van der Waals surface area contributed by atoms with E-state index in [1.54, 1.807) is 6.20 Å². The number of piperazine rings is 1. The van der Waals surface area contributed by atoms with Crippen molar-refractivity contribution in [3.8, 4) is 0 Å². The Hall–Kier alpha value is -3.15. The molecule has 0 radical (unpaired) electrons. The van der Waals surface area contributed by atoms with Gasteiger partial charge in [-0.05, 0) is 31.7 Å². The number of nitrogens with one attached hydrogen (secondary N) is 2. The fourth-order valence-electron chi connectivity index (χ4n) is 5.55. The SMILES string of the molecule is Cn1cc(NC(=O)c2cnn3ccc(N4[C@@H]5CC[C@H]4[C@@H]4CC[C@H]5N4)nc23)c(C(F)(F)F)n1.